The Morgan fingerprint density at radius 1 is 1.02 bits per heavy atom. The average molecular weight is 568 g/mol. The van der Waals surface area contributed by atoms with Crippen LogP contribution in [-0.2, 0) is 15.6 Å². The second kappa shape index (κ2) is 11.7. The molecule has 2 aliphatic heterocycles. The highest BCUT2D eigenvalue weighted by Gasteiger charge is 2.37. The van der Waals surface area contributed by atoms with Gasteiger partial charge in [-0.05, 0) is 81.0 Å². The SMILES string of the molecule is COc1cc(C)c(S(=O)(=O)N2CCCCC2COc2nccc(N3CCC(O)(c4ccccn4)CC3)n2)c(C)c1. The second-order valence-corrected chi connectivity index (χ2v) is 12.4. The summed E-state index contributed by atoms with van der Waals surface area (Å²) in [7, 11) is -2.17. The summed E-state index contributed by atoms with van der Waals surface area (Å²) in [5.41, 5.74) is 1.05. The van der Waals surface area contributed by atoms with Gasteiger partial charge < -0.3 is 19.5 Å². The van der Waals surface area contributed by atoms with Crippen LogP contribution >= 0.6 is 0 Å². The highest BCUT2D eigenvalue weighted by atomic mass is 32.2. The number of pyridine rings is 1. The van der Waals surface area contributed by atoms with Crippen LogP contribution in [0.3, 0.4) is 0 Å². The van der Waals surface area contributed by atoms with E-state index in [9.17, 15) is 13.5 Å². The van der Waals surface area contributed by atoms with Crippen LogP contribution in [0.1, 0.15) is 48.9 Å². The van der Waals surface area contributed by atoms with Gasteiger partial charge >= 0.3 is 6.01 Å². The van der Waals surface area contributed by atoms with Crippen LogP contribution in [0, 0.1) is 13.8 Å². The third kappa shape index (κ3) is 5.77. The van der Waals surface area contributed by atoms with Gasteiger partial charge in [0.25, 0.3) is 0 Å². The number of anilines is 1. The van der Waals surface area contributed by atoms with Crippen molar-refractivity contribution in [2.75, 3.05) is 38.3 Å². The molecule has 1 unspecified atom stereocenters. The van der Waals surface area contributed by atoms with E-state index in [4.69, 9.17) is 9.47 Å². The number of aliphatic hydroxyl groups is 1. The first kappa shape index (κ1) is 28.3. The third-order valence-electron chi connectivity index (χ3n) is 7.89. The predicted octanol–water partition coefficient (Wildman–Crippen LogP) is 3.61. The van der Waals surface area contributed by atoms with Gasteiger partial charge in [0.05, 0.1) is 23.7 Å². The molecule has 0 radical (unpaired) electrons. The van der Waals surface area contributed by atoms with Crippen molar-refractivity contribution < 1.29 is 23.0 Å². The van der Waals surface area contributed by atoms with Crippen LogP contribution in [-0.4, -0.2) is 72.2 Å². The fourth-order valence-corrected chi connectivity index (χ4v) is 7.85. The summed E-state index contributed by atoms with van der Waals surface area (Å²) in [6.45, 7) is 5.42. The summed E-state index contributed by atoms with van der Waals surface area (Å²) in [5, 5.41) is 11.1. The number of hydrogen-bond donors (Lipinski definition) is 1. The molecule has 0 bridgehead atoms. The Balaban J connectivity index is 1.27. The standard InChI is InChI=1S/C29H37N5O5S/c1-21-18-24(38-3)19-22(2)27(21)40(36,37)34-15-7-5-8-23(34)20-39-28-31-14-10-26(32-28)33-16-11-29(35,12-17-33)25-9-4-6-13-30-25/h4,6,9-10,13-14,18-19,23,35H,5,7-8,11-12,15-17,20H2,1-3H3. The Hall–Kier alpha value is -3.28. The van der Waals surface area contributed by atoms with E-state index in [0.717, 1.165) is 12.8 Å². The average Bonchev–Trinajstić information content (AvgIpc) is 2.96. The largest absolute Gasteiger partial charge is 0.497 e. The molecule has 1 N–H and O–H groups in total. The van der Waals surface area contributed by atoms with Crippen LogP contribution in [0.25, 0.3) is 0 Å². The molecule has 5 rings (SSSR count). The van der Waals surface area contributed by atoms with Crippen LogP contribution in [0.15, 0.2) is 53.7 Å². The summed E-state index contributed by atoms with van der Waals surface area (Å²) in [6, 6.07) is 10.8. The van der Waals surface area contributed by atoms with Crippen molar-refractivity contribution in [1.29, 1.82) is 0 Å². The minimum atomic E-state index is -3.74. The second-order valence-electron chi connectivity index (χ2n) is 10.6. The molecule has 0 saturated carbocycles. The Labute approximate surface area is 236 Å². The van der Waals surface area contributed by atoms with Gasteiger partial charge in [0.15, 0.2) is 0 Å². The molecule has 10 nitrogen and oxygen atoms in total. The molecule has 214 valence electrons. The molecule has 1 atom stereocenters. The zero-order chi connectivity index (χ0) is 28.3. The summed E-state index contributed by atoms with van der Waals surface area (Å²) >= 11 is 0. The Morgan fingerprint density at radius 2 is 1.77 bits per heavy atom. The molecule has 0 aliphatic carbocycles. The van der Waals surface area contributed by atoms with Gasteiger partial charge in [-0.25, -0.2) is 13.4 Å². The van der Waals surface area contributed by atoms with E-state index in [2.05, 4.69) is 19.9 Å². The third-order valence-corrected chi connectivity index (χ3v) is 10.1. The van der Waals surface area contributed by atoms with Crippen LogP contribution in [0.5, 0.6) is 11.8 Å². The molecular formula is C29H37N5O5S. The number of hydrogen-bond acceptors (Lipinski definition) is 9. The molecule has 4 heterocycles. The first-order valence-corrected chi connectivity index (χ1v) is 15.2. The van der Waals surface area contributed by atoms with E-state index in [1.807, 2.05) is 24.3 Å². The molecule has 3 aromatic rings. The van der Waals surface area contributed by atoms with E-state index in [-0.39, 0.29) is 18.7 Å². The van der Waals surface area contributed by atoms with E-state index < -0.39 is 15.6 Å². The smallest absolute Gasteiger partial charge is 0.318 e. The summed E-state index contributed by atoms with van der Waals surface area (Å²) in [6.07, 6.45) is 6.84. The predicted molar refractivity (Wildman–Crippen MR) is 151 cm³/mol. The first-order valence-electron chi connectivity index (χ1n) is 13.7. The number of rotatable bonds is 8. The molecule has 1 aromatic carbocycles. The lowest BCUT2D eigenvalue weighted by molar-refractivity contribution is 0.00747. The lowest BCUT2D eigenvalue weighted by atomic mass is 9.88. The van der Waals surface area contributed by atoms with Gasteiger partial charge in [0.1, 0.15) is 23.8 Å². The van der Waals surface area contributed by atoms with Crippen LogP contribution in [0.2, 0.25) is 0 Å². The molecule has 11 heteroatoms. The fraction of sp³-hybridized carbons (Fsp3) is 0.483. The molecular weight excluding hydrogens is 530 g/mol. The normalized spacial score (nSPS) is 19.8. The Bertz CT molecular complexity index is 1400. The molecule has 40 heavy (non-hydrogen) atoms. The molecule has 0 spiro atoms. The number of piperidine rings is 2. The Kier molecular flexibility index (Phi) is 8.25. The van der Waals surface area contributed by atoms with Gasteiger partial charge in [-0.1, -0.05) is 12.5 Å². The lowest BCUT2D eigenvalue weighted by Crippen LogP contribution is -2.47. The molecule has 2 aromatic heterocycles. The van der Waals surface area contributed by atoms with E-state index in [1.165, 1.54) is 0 Å². The maximum absolute atomic E-state index is 13.8. The number of ether oxygens (including phenoxy) is 2. The van der Waals surface area contributed by atoms with Crippen LogP contribution in [0.4, 0.5) is 5.82 Å². The molecule has 2 aliphatic rings. The van der Waals surface area contributed by atoms with Crippen molar-refractivity contribution in [3.8, 4) is 11.8 Å². The zero-order valence-electron chi connectivity index (χ0n) is 23.3. The van der Waals surface area contributed by atoms with E-state index >= 15 is 0 Å². The summed E-state index contributed by atoms with van der Waals surface area (Å²) < 4.78 is 40.6. The fourth-order valence-electron chi connectivity index (χ4n) is 5.76. The highest BCUT2D eigenvalue weighted by Crippen LogP contribution is 2.34. The quantitative estimate of drug-likeness (QED) is 0.436. The van der Waals surface area contributed by atoms with Crippen molar-refractivity contribution in [3.05, 3.63) is 65.6 Å². The molecule has 2 saturated heterocycles. The number of aromatic nitrogens is 3. The number of nitrogens with zero attached hydrogens (tertiary/aromatic N) is 5. The van der Waals surface area contributed by atoms with Crippen molar-refractivity contribution in [3.63, 3.8) is 0 Å². The van der Waals surface area contributed by atoms with E-state index in [1.54, 1.807) is 49.8 Å². The molecule has 2 fully saturated rings. The maximum Gasteiger partial charge on any atom is 0.318 e. The van der Waals surface area contributed by atoms with Crippen molar-refractivity contribution in [2.45, 2.75) is 62.5 Å². The van der Waals surface area contributed by atoms with Crippen LogP contribution < -0.4 is 14.4 Å². The monoisotopic (exact) mass is 567 g/mol. The number of aryl methyl sites for hydroxylation is 2. The van der Waals surface area contributed by atoms with Crippen molar-refractivity contribution >= 4 is 15.8 Å². The van der Waals surface area contributed by atoms with Gasteiger partial charge in [-0.2, -0.15) is 9.29 Å². The minimum absolute atomic E-state index is 0.163. The summed E-state index contributed by atoms with van der Waals surface area (Å²) in [4.78, 5) is 15.7. The number of sulfonamides is 1. The minimum Gasteiger partial charge on any atom is -0.497 e. The zero-order valence-corrected chi connectivity index (χ0v) is 24.1. The van der Waals surface area contributed by atoms with Gasteiger partial charge in [0.2, 0.25) is 10.0 Å². The van der Waals surface area contributed by atoms with Gasteiger partial charge in [-0.3, -0.25) is 4.98 Å². The van der Waals surface area contributed by atoms with Crippen molar-refractivity contribution in [1.82, 2.24) is 19.3 Å². The Morgan fingerprint density at radius 3 is 2.45 bits per heavy atom. The van der Waals surface area contributed by atoms with Gasteiger partial charge in [-0.15, -0.1) is 0 Å². The first-order chi connectivity index (χ1) is 19.2. The topological polar surface area (TPSA) is 118 Å². The lowest BCUT2D eigenvalue weighted by Gasteiger charge is -2.38. The number of methoxy groups -OCH3 is 1. The maximum atomic E-state index is 13.8. The van der Waals surface area contributed by atoms with E-state index in [0.29, 0.717) is 72.2 Å². The van der Waals surface area contributed by atoms with Gasteiger partial charge in [0, 0.05) is 32.0 Å². The van der Waals surface area contributed by atoms with Crippen molar-refractivity contribution in [2.24, 2.45) is 0 Å². The highest BCUT2D eigenvalue weighted by molar-refractivity contribution is 7.89. The molecule has 0 amide bonds. The number of benzene rings is 1. The summed E-state index contributed by atoms with van der Waals surface area (Å²) in [5.74, 6) is 1.35.